The predicted octanol–water partition coefficient (Wildman–Crippen LogP) is 3.80. The SMILES string of the molecule is CCn1nc(C)c(Cl)c1CCC(CNC)c1ccccc1. The molecule has 0 amide bonds. The van der Waals surface area contributed by atoms with E-state index in [1.807, 2.05) is 18.7 Å². The van der Waals surface area contributed by atoms with Crippen molar-refractivity contribution >= 4 is 11.6 Å². The summed E-state index contributed by atoms with van der Waals surface area (Å²) in [5, 5.41) is 8.62. The molecule has 0 aliphatic heterocycles. The van der Waals surface area contributed by atoms with Gasteiger partial charge in [-0.05, 0) is 45.2 Å². The highest BCUT2D eigenvalue weighted by atomic mass is 35.5. The molecule has 0 saturated carbocycles. The maximum atomic E-state index is 6.40. The molecule has 114 valence electrons. The number of halogens is 1. The van der Waals surface area contributed by atoms with Crippen molar-refractivity contribution in [2.75, 3.05) is 13.6 Å². The molecule has 1 heterocycles. The topological polar surface area (TPSA) is 29.9 Å². The number of nitrogens with one attached hydrogen (secondary N) is 1. The van der Waals surface area contributed by atoms with Gasteiger partial charge in [0.15, 0.2) is 0 Å². The second kappa shape index (κ2) is 7.62. The number of rotatable bonds is 7. The van der Waals surface area contributed by atoms with Gasteiger partial charge in [-0.1, -0.05) is 41.9 Å². The van der Waals surface area contributed by atoms with E-state index in [0.29, 0.717) is 5.92 Å². The fourth-order valence-corrected chi connectivity index (χ4v) is 3.01. The second-order valence-corrected chi connectivity index (χ2v) is 5.74. The molecule has 4 heteroatoms. The number of likely N-dealkylation sites (N-methyl/N-ethyl adjacent to an activating group) is 1. The van der Waals surface area contributed by atoms with Crippen LogP contribution in [0, 0.1) is 6.92 Å². The van der Waals surface area contributed by atoms with Gasteiger partial charge in [-0.2, -0.15) is 5.10 Å². The molecule has 0 saturated heterocycles. The second-order valence-electron chi connectivity index (χ2n) is 5.37. The Morgan fingerprint density at radius 3 is 2.62 bits per heavy atom. The highest BCUT2D eigenvalue weighted by Gasteiger charge is 2.16. The van der Waals surface area contributed by atoms with Crippen LogP contribution in [-0.2, 0) is 13.0 Å². The van der Waals surface area contributed by atoms with Gasteiger partial charge in [0.05, 0.1) is 16.4 Å². The van der Waals surface area contributed by atoms with Crippen LogP contribution in [0.5, 0.6) is 0 Å². The maximum absolute atomic E-state index is 6.40. The first-order chi connectivity index (χ1) is 10.2. The van der Waals surface area contributed by atoms with Gasteiger partial charge < -0.3 is 5.32 Å². The predicted molar refractivity (Wildman–Crippen MR) is 89.1 cm³/mol. The summed E-state index contributed by atoms with van der Waals surface area (Å²) >= 11 is 6.40. The summed E-state index contributed by atoms with van der Waals surface area (Å²) in [6, 6.07) is 10.7. The Labute approximate surface area is 132 Å². The molecule has 0 aliphatic rings. The first-order valence-corrected chi connectivity index (χ1v) is 7.96. The van der Waals surface area contributed by atoms with Gasteiger partial charge in [-0.3, -0.25) is 4.68 Å². The Morgan fingerprint density at radius 2 is 2.00 bits per heavy atom. The normalized spacial score (nSPS) is 12.6. The molecule has 0 fully saturated rings. The molecule has 0 radical (unpaired) electrons. The molecule has 2 aromatic rings. The number of hydrogen-bond donors (Lipinski definition) is 1. The van der Waals surface area contributed by atoms with Crippen LogP contribution in [0.4, 0.5) is 0 Å². The van der Waals surface area contributed by atoms with Crippen LogP contribution in [0.25, 0.3) is 0 Å². The van der Waals surface area contributed by atoms with Crippen molar-refractivity contribution < 1.29 is 0 Å². The van der Waals surface area contributed by atoms with Gasteiger partial charge in [-0.15, -0.1) is 0 Å². The number of aromatic nitrogens is 2. The van der Waals surface area contributed by atoms with Crippen molar-refractivity contribution in [3.05, 3.63) is 52.3 Å². The van der Waals surface area contributed by atoms with Crippen LogP contribution in [-0.4, -0.2) is 23.4 Å². The molecule has 0 aliphatic carbocycles. The standard InChI is InChI=1S/C17H24ClN3/c1-4-21-16(17(18)13(2)20-21)11-10-15(12-19-3)14-8-6-5-7-9-14/h5-9,15,19H,4,10-12H2,1-3H3. The molecule has 1 atom stereocenters. The summed E-state index contributed by atoms with van der Waals surface area (Å²) < 4.78 is 2.03. The Bertz CT molecular complexity index is 563. The van der Waals surface area contributed by atoms with Gasteiger partial charge in [-0.25, -0.2) is 0 Å². The molecule has 1 N–H and O–H groups in total. The highest BCUT2D eigenvalue weighted by molar-refractivity contribution is 6.31. The maximum Gasteiger partial charge on any atom is 0.0847 e. The molecular weight excluding hydrogens is 282 g/mol. The van der Waals surface area contributed by atoms with E-state index >= 15 is 0 Å². The van der Waals surface area contributed by atoms with E-state index in [-0.39, 0.29) is 0 Å². The van der Waals surface area contributed by atoms with E-state index in [1.165, 1.54) is 5.56 Å². The molecular formula is C17H24ClN3. The van der Waals surface area contributed by atoms with Crippen LogP contribution >= 0.6 is 11.6 Å². The smallest absolute Gasteiger partial charge is 0.0847 e. The molecule has 2 rings (SSSR count). The minimum atomic E-state index is 0.493. The van der Waals surface area contributed by atoms with Crippen LogP contribution < -0.4 is 5.32 Å². The third kappa shape index (κ3) is 3.86. The average Bonchev–Trinajstić information content (AvgIpc) is 2.79. The number of hydrogen-bond acceptors (Lipinski definition) is 2. The zero-order valence-electron chi connectivity index (χ0n) is 13.1. The zero-order valence-corrected chi connectivity index (χ0v) is 13.8. The first-order valence-electron chi connectivity index (χ1n) is 7.58. The lowest BCUT2D eigenvalue weighted by atomic mass is 9.93. The van der Waals surface area contributed by atoms with E-state index in [1.54, 1.807) is 0 Å². The van der Waals surface area contributed by atoms with Gasteiger partial charge in [0.1, 0.15) is 0 Å². The van der Waals surface area contributed by atoms with E-state index in [0.717, 1.165) is 42.3 Å². The third-order valence-corrected chi connectivity index (χ3v) is 4.40. The average molecular weight is 306 g/mol. The third-order valence-electron chi connectivity index (χ3n) is 3.90. The first kappa shape index (κ1) is 16.1. The molecule has 1 aromatic carbocycles. The van der Waals surface area contributed by atoms with E-state index in [9.17, 15) is 0 Å². The number of nitrogens with zero attached hydrogens (tertiary/aromatic N) is 2. The van der Waals surface area contributed by atoms with Crippen LogP contribution in [0.3, 0.4) is 0 Å². The van der Waals surface area contributed by atoms with Gasteiger partial charge in [0, 0.05) is 13.1 Å². The molecule has 1 unspecified atom stereocenters. The summed E-state index contributed by atoms with van der Waals surface area (Å²) in [5.41, 5.74) is 3.47. The molecule has 0 bridgehead atoms. The van der Waals surface area contributed by atoms with Crippen molar-refractivity contribution in [3.8, 4) is 0 Å². The van der Waals surface area contributed by atoms with E-state index in [2.05, 4.69) is 47.7 Å². The largest absolute Gasteiger partial charge is 0.319 e. The van der Waals surface area contributed by atoms with Crippen molar-refractivity contribution in [1.82, 2.24) is 15.1 Å². The summed E-state index contributed by atoms with van der Waals surface area (Å²) in [6.45, 7) is 5.92. The molecule has 3 nitrogen and oxygen atoms in total. The number of aryl methyl sites for hydroxylation is 2. The fourth-order valence-electron chi connectivity index (χ4n) is 2.78. The van der Waals surface area contributed by atoms with Crippen molar-refractivity contribution in [2.24, 2.45) is 0 Å². The number of benzene rings is 1. The Morgan fingerprint density at radius 1 is 1.29 bits per heavy atom. The molecule has 21 heavy (non-hydrogen) atoms. The van der Waals surface area contributed by atoms with Crippen molar-refractivity contribution in [3.63, 3.8) is 0 Å². The highest BCUT2D eigenvalue weighted by Crippen LogP contribution is 2.26. The Kier molecular flexibility index (Phi) is 5.83. The minimum absolute atomic E-state index is 0.493. The summed E-state index contributed by atoms with van der Waals surface area (Å²) in [4.78, 5) is 0. The summed E-state index contributed by atoms with van der Waals surface area (Å²) in [7, 11) is 2.00. The van der Waals surface area contributed by atoms with Crippen LogP contribution in [0.2, 0.25) is 5.02 Å². The lowest BCUT2D eigenvalue weighted by Crippen LogP contribution is -2.18. The van der Waals surface area contributed by atoms with Crippen molar-refractivity contribution in [2.45, 2.75) is 39.2 Å². The fraction of sp³-hybridized carbons (Fsp3) is 0.471. The quantitative estimate of drug-likeness (QED) is 0.843. The summed E-state index contributed by atoms with van der Waals surface area (Å²) in [6.07, 6.45) is 2.02. The van der Waals surface area contributed by atoms with E-state index in [4.69, 9.17) is 11.6 Å². The van der Waals surface area contributed by atoms with Crippen LogP contribution in [0.15, 0.2) is 30.3 Å². The lowest BCUT2D eigenvalue weighted by molar-refractivity contribution is 0.551. The molecule has 1 aromatic heterocycles. The van der Waals surface area contributed by atoms with Crippen LogP contribution in [0.1, 0.15) is 36.2 Å². The Hall–Kier alpha value is -1.32. The lowest BCUT2D eigenvalue weighted by Gasteiger charge is -2.17. The minimum Gasteiger partial charge on any atom is -0.319 e. The van der Waals surface area contributed by atoms with Gasteiger partial charge in [0.25, 0.3) is 0 Å². The van der Waals surface area contributed by atoms with Crippen molar-refractivity contribution in [1.29, 1.82) is 0 Å². The zero-order chi connectivity index (χ0) is 15.2. The van der Waals surface area contributed by atoms with Gasteiger partial charge in [0.2, 0.25) is 0 Å². The van der Waals surface area contributed by atoms with Gasteiger partial charge >= 0.3 is 0 Å². The summed E-state index contributed by atoms with van der Waals surface area (Å²) in [5.74, 6) is 0.493. The monoisotopic (exact) mass is 305 g/mol. The van der Waals surface area contributed by atoms with E-state index < -0.39 is 0 Å². The molecule has 0 spiro atoms. The Balaban J connectivity index is 2.12.